The van der Waals surface area contributed by atoms with Gasteiger partial charge in [-0.25, -0.2) is 4.39 Å². The van der Waals surface area contributed by atoms with Gasteiger partial charge in [0.2, 0.25) is 0 Å². The molecule has 0 fully saturated rings. The molecule has 5 heteroatoms. The second kappa shape index (κ2) is 5.90. The highest BCUT2D eigenvalue weighted by Crippen LogP contribution is 2.32. The summed E-state index contributed by atoms with van der Waals surface area (Å²) in [6.07, 6.45) is -2.91. The van der Waals surface area contributed by atoms with Gasteiger partial charge < -0.3 is 5.32 Å². The third kappa shape index (κ3) is 4.20. The first-order valence-corrected chi connectivity index (χ1v) is 6.32. The topological polar surface area (TPSA) is 12.0 Å². The first-order valence-electron chi connectivity index (χ1n) is 6.32. The highest BCUT2D eigenvalue weighted by molar-refractivity contribution is 5.27. The third-order valence-corrected chi connectivity index (χ3v) is 3.62. The van der Waals surface area contributed by atoms with Gasteiger partial charge in [-0.15, -0.1) is 0 Å². The van der Waals surface area contributed by atoms with Gasteiger partial charge in [0.1, 0.15) is 5.82 Å². The molecule has 0 spiro atoms. The fourth-order valence-electron chi connectivity index (χ4n) is 1.72. The Labute approximate surface area is 111 Å². The van der Waals surface area contributed by atoms with Crippen molar-refractivity contribution < 1.29 is 17.6 Å². The Hall–Kier alpha value is -1.10. The van der Waals surface area contributed by atoms with E-state index in [9.17, 15) is 17.6 Å². The van der Waals surface area contributed by atoms with Crippen molar-refractivity contribution in [3.8, 4) is 0 Å². The number of halogens is 4. The molecule has 0 saturated carbocycles. The molecule has 108 valence electrons. The summed E-state index contributed by atoms with van der Waals surface area (Å²) < 4.78 is 50.9. The second-order valence-electron chi connectivity index (χ2n) is 4.93. The molecule has 0 radical (unpaired) electrons. The van der Waals surface area contributed by atoms with Gasteiger partial charge in [-0.05, 0) is 37.5 Å². The smallest absolute Gasteiger partial charge is 0.307 e. The highest BCUT2D eigenvalue weighted by atomic mass is 19.4. The number of rotatable bonds is 5. The summed E-state index contributed by atoms with van der Waals surface area (Å²) >= 11 is 0. The Morgan fingerprint density at radius 2 is 1.68 bits per heavy atom. The zero-order valence-corrected chi connectivity index (χ0v) is 11.4. The zero-order valence-electron chi connectivity index (χ0n) is 11.4. The monoisotopic (exact) mass is 277 g/mol. The first-order chi connectivity index (χ1) is 8.72. The minimum atomic E-state index is -4.65. The van der Waals surface area contributed by atoms with Crippen molar-refractivity contribution in [1.29, 1.82) is 0 Å². The molecule has 0 heterocycles. The van der Waals surface area contributed by atoms with Crippen LogP contribution in [0.25, 0.3) is 0 Å². The molecule has 1 N–H and O–H groups in total. The van der Waals surface area contributed by atoms with Crippen LogP contribution in [-0.4, -0.2) is 5.54 Å². The second-order valence-corrected chi connectivity index (χ2v) is 4.93. The van der Waals surface area contributed by atoms with E-state index in [-0.39, 0.29) is 5.54 Å². The summed E-state index contributed by atoms with van der Waals surface area (Å²) in [5, 5.41) is 3.22. The van der Waals surface area contributed by atoms with E-state index in [4.69, 9.17) is 0 Å². The molecule has 0 bridgehead atoms. The molecule has 0 atom stereocenters. The summed E-state index contributed by atoms with van der Waals surface area (Å²) in [6, 6.07) is 3.12. The Kier molecular flexibility index (Phi) is 4.96. The van der Waals surface area contributed by atoms with Crippen LogP contribution >= 0.6 is 0 Å². The van der Waals surface area contributed by atoms with Crippen molar-refractivity contribution in [3.05, 3.63) is 35.1 Å². The Bertz CT molecular complexity index is 422. The van der Waals surface area contributed by atoms with Gasteiger partial charge in [-0.2, -0.15) is 13.2 Å². The Morgan fingerprint density at radius 3 is 2.16 bits per heavy atom. The van der Waals surface area contributed by atoms with Crippen molar-refractivity contribution in [2.24, 2.45) is 0 Å². The van der Waals surface area contributed by atoms with Crippen molar-refractivity contribution in [3.63, 3.8) is 0 Å². The van der Waals surface area contributed by atoms with Crippen molar-refractivity contribution in [1.82, 2.24) is 5.32 Å². The minimum absolute atomic E-state index is 0.118. The van der Waals surface area contributed by atoms with E-state index in [1.807, 2.05) is 20.8 Å². The van der Waals surface area contributed by atoms with Crippen LogP contribution in [0.15, 0.2) is 18.2 Å². The van der Waals surface area contributed by atoms with Crippen molar-refractivity contribution in [2.45, 2.75) is 51.9 Å². The largest absolute Gasteiger partial charge is 0.419 e. The fourth-order valence-corrected chi connectivity index (χ4v) is 1.72. The molecule has 1 aromatic carbocycles. The van der Waals surface area contributed by atoms with Crippen LogP contribution < -0.4 is 5.32 Å². The van der Waals surface area contributed by atoms with E-state index in [1.54, 1.807) is 0 Å². The highest BCUT2D eigenvalue weighted by Gasteiger charge is 2.34. The van der Waals surface area contributed by atoms with Crippen LogP contribution in [0.2, 0.25) is 0 Å². The number of alkyl halides is 3. The van der Waals surface area contributed by atoms with Gasteiger partial charge in [0.25, 0.3) is 0 Å². The van der Waals surface area contributed by atoms with E-state index in [1.165, 1.54) is 6.07 Å². The molecular formula is C14H19F4N. The molecule has 0 aliphatic rings. The Balaban J connectivity index is 2.87. The number of hydrogen-bond acceptors (Lipinski definition) is 1. The molecule has 0 amide bonds. The molecule has 0 aromatic heterocycles. The quantitative estimate of drug-likeness (QED) is 0.781. The minimum Gasteiger partial charge on any atom is -0.307 e. The van der Waals surface area contributed by atoms with Crippen molar-refractivity contribution >= 4 is 0 Å². The molecule has 1 rings (SSSR count). The maximum Gasteiger partial charge on any atom is 0.419 e. The molecule has 1 nitrogen and oxygen atoms in total. The summed E-state index contributed by atoms with van der Waals surface area (Å²) in [6.45, 7) is 6.34. The fraction of sp³-hybridized carbons (Fsp3) is 0.571. The lowest BCUT2D eigenvalue weighted by atomic mass is 9.95. The van der Waals surface area contributed by atoms with Crippen LogP contribution in [0, 0.1) is 5.82 Å². The molecule has 1 aromatic rings. The maximum absolute atomic E-state index is 13.1. The van der Waals surface area contributed by atoms with Gasteiger partial charge in [0, 0.05) is 12.1 Å². The lowest BCUT2D eigenvalue weighted by Gasteiger charge is -2.28. The maximum atomic E-state index is 13.1. The predicted octanol–water partition coefficient (Wildman–Crippen LogP) is 4.51. The lowest BCUT2D eigenvalue weighted by Crippen LogP contribution is -2.40. The van der Waals surface area contributed by atoms with E-state index in [2.05, 4.69) is 5.32 Å². The summed E-state index contributed by atoms with van der Waals surface area (Å²) in [4.78, 5) is 0. The van der Waals surface area contributed by atoms with E-state index in [0.29, 0.717) is 12.1 Å². The first kappa shape index (κ1) is 16.0. The van der Waals surface area contributed by atoms with E-state index >= 15 is 0 Å². The van der Waals surface area contributed by atoms with Gasteiger partial charge in [-0.3, -0.25) is 0 Å². The van der Waals surface area contributed by atoms with Crippen LogP contribution in [0.4, 0.5) is 17.6 Å². The predicted molar refractivity (Wildman–Crippen MR) is 67.2 cm³/mol. The lowest BCUT2D eigenvalue weighted by molar-refractivity contribution is -0.140. The van der Waals surface area contributed by atoms with Gasteiger partial charge in [0.05, 0.1) is 5.56 Å². The molecule has 19 heavy (non-hydrogen) atoms. The van der Waals surface area contributed by atoms with Crippen molar-refractivity contribution in [2.75, 3.05) is 0 Å². The normalized spacial score (nSPS) is 12.8. The number of nitrogens with one attached hydrogen (secondary N) is 1. The zero-order chi connectivity index (χ0) is 14.7. The molecular weight excluding hydrogens is 258 g/mol. The average Bonchev–Trinajstić information content (AvgIpc) is 2.36. The van der Waals surface area contributed by atoms with Crippen LogP contribution in [-0.2, 0) is 12.7 Å². The summed E-state index contributed by atoms with van der Waals surface area (Å²) in [5.74, 6) is -1.23. The van der Waals surface area contributed by atoms with Crippen LogP contribution in [0.3, 0.4) is 0 Å². The molecule has 0 aliphatic carbocycles. The molecule has 0 unspecified atom stereocenters. The number of benzene rings is 1. The van der Waals surface area contributed by atoms with Crippen LogP contribution in [0.1, 0.15) is 44.7 Å². The molecule has 0 saturated heterocycles. The third-order valence-electron chi connectivity index (χ3n) is 3.62. The van der Waals surface area contributed by atoms with E-state index in [0.717, 1.165) is 25.0 Å². The number of hydrogen-bond donors (Lipinski definition) is 1. The van der Waals surface area contributed by atoms with Gasteiger partial charge in [-0.1, -0.05) is 19.9 Å². The summed E-state index contributed by atoms with van der Waals surface area (Å²) in [5.41, 5.74) is -0.893. The SMILES string of the molecule is CCC(C)(CC)NCc1ccc(F)c(C(F)(F)F)c1. The summed E-state index contributed by atoms with van der Waals surface area (Å²) in [7, 11) is 0. The van der Waals surface area contributed by atoms with Crippen LogP contribution in [0.5, 0.6) is 0 Å². The van der Waals surface area contributed by atoms with Gasteiger partial charge in [0.15, 0.2) is 0 Å². The van der Waals surface area contributed by atoms with E-state index < -0.39 is 17.6 Å². The molecule has 0 aliphatic heterocycles. The standard InChI is InChI=1S/C14H19F4N/c1-4-13(3,5-2)19-9-10-6-7-12(15)11(8-10)14(16,17)18/h6-8,19H,4-5,9H2,1-3H3. The average molecular weight is 277 g/mol. The van der Waals surface area contributed by atoms with Gasteiger partial charge >= 0.3 is 6.18 Å². The Morgan fingerprint density at radius 1 is 1.11 bits per heavy atom.